The van der Waals surface area contributed by atoms with Gasteiger partial charge in [-0.05, 0) is 30.6 Å². The number of carbonyl (C=O) groups excluding carboxylic acids is 2. The van der Waals surface area contributed by atoms with Crippen LogP contribution >= 0.6 is 0 Å². The van der Waals surface area contributed by atoms with Gasteiger partial charge in [0.1, 0.15) is 0 Å². The van der Waals surface area contributed by atoms with E-state index in [2.05, 4.69) is 9.98 Å². The number of fused-ring (bicyclic) bond motifs is 1. The Morgan fingerprint density at radius 2 is 1.56 bits per heavy atom. The minimum absolute atomic E-state index is 0.0185. The average Bonchev–Trinajstić information content (AvgIpc) is 3.02. The zero-order valence-corrected chi connectivity index (χ0v) is 15.6. The SMILES string of the molecule is CC12N=C([N+](=O)[O-])N=C1C(=O)N(C1CCCCC1)C(=O)N2C1CCCCC1. The Hall–Kier alpha value is -2.32. The normalized spacial score (nSPS) is 30.3. The second kappa shape index (κ2) is 6.69. The van der Waals surface area contributed by atoms with E-state index in [0.717, 1.165) is 64.2 Å². The number of carbonyl (C=O) groups is 2. The van der Waals surface area contributed by atoms with E-state index in [9.17, 15) is 19.7 Å². The minimum Gasteiger partial charge on any atom is -0.390 e. The lowest BCUT2D eigenvalue weighted by atomic mass is 9.88. The summed E-state index contributed by atoms with van der Waals surface area (Å²) < 4.78 is 0. The lowest BCUT2D eigenvalue weighted by Gasteiger charge is -2.47. The van der Waals surface area contributed by atoms with Crippen LogP contribution in [0.2, 0.25) is 0 Å². The van der Waals surface area contributed by atoms with Gasteiger partial charge in [-0.15, -0.1) is 0 Å². The van der Waals surface area contributed by atoms with Crippen molar-refractivity contribution in [3.8, 4) is 0 Å². The Labute approximate surface area is 157 Å². The van der Waals surface area contributed by atoms with Crippen molar-refractivity contribution in [2.24, 2.45) is 9.98 Å². The van der Waals surface area contributed by atoms with Crippen molar-refractivity contribution in [1.82, 2.24) is 9.80 Å². The largest absolute Gasteiger partial charge is 0.467 e. The number of imide groups is 1. The molecule has 2 aliphatic heterocycles. The van der Waals surface area contributed by atoms with E-state index in [4.69, 9.17) is 0 Å². The Bertz CT molecular complexity index is 736. The third kappa shape index (κ3) is 2.83. The molecule has 0 aromatic rings. The fraction of sp³-hybridized carbons (Fsp3) is 0.778. The van der Waals surface area contributed by atoms with Gasteiger partial charge in [0.25, 0.3) is 11.6 Å². The van der Waals surface area contributed by atoms with Crippen LogP contribution in [-0.4, -0.2) is 56.1 Å². The number of urea groups is 1. The zero-order chi connectivity index (χ0) is 19.2. The van der Waals surface area contributed by atoms with E-state index in [1.54, 1.807) is 11.8 Å². The maximum Gasteiger partial charge on any atom is 0.467 e. The minimum atomic E-state index is -1.37. The lowest BCUT2D eigenvalue weighted by Crippen LogP contribution is -2.71. The van der Waals surface area contributed by atoms with Crippen LogP contribution in [0.3, 0.4) is 0 Å². The van der Waals surface area contributed by atoms with Gasteiger partial charge < -0.3 is 10.1 Å². The molecule has 1 atom stereocenters. The van der Waals surface area contributed by atoms with Crippen molar-refractivity contribution >= 4 is 23.6 Å². The molecule has 0 spiro atoms. The highest BCUT2D eigenvalue weighted by Crippen LogP contribution is 2.39. The molecule has 4 rings (SSSR count). The summed E-state index contributed by atoms with van der Waals surface area (Å²) in [6.07, 6.45) is 9.38. The second-order valence-corrected chi connectivity index (χ2v) is 8.06. The van der Waals surface area contributed by atoms with Gasteiger partial charge in [0, 0.05) is 19.0 Å². The standard InChI is InChI=1S/C18H25N5O4/c1-18-14(19-16(20-18)23(26)27)15(24)21(12-8-4-2-5-9-12)17(25)22(18)13-10-6-3-7-11-13/h12-13H,2-11H2,1H3. The van der Waals surface area contributed by atoms with Gasteiger partial charge in [0.15, 0.2) is 0 Å². The highest BCUT2D eigenvalue weighted by Gasteiger charge is 2.63. The topological polar surface area (TPSA) is 108 Å². The van der Waals surface area contributed by atoms with Gasteiger partial charge in [-0.1, -0.05) is 48.5 Å². The smallest absolute Gasteiger partial charge is 0.390 e. The van der Waals surface area contributed by atoms with Gasteiger partial charge in [0.05, 0.1) is 0 Å². The first kappa shape index (κ1) is 18.1. The maximum absolute atomic E-state index is 13.5. The monoisotopic (exact) mass is 375 g/mol. The molecule has 146 valence electrons. The van der Waals surface area contributed by atoms with E-state index in [-0.39, 0.29) is 23.8 Å². The van der Waals surface area contributed by atoms with E-state index >= 15 is 0 Å². The third-order valence-electron chi connectivity index (χ3n) is 6.32. The Kier molecular flexibility index (Phi) is 4.47. The zero-order valence-electron chi connectivity index (χ0n) is 15.6. The first-order valence-electron chi connectivity index (χ1n) is 9.94. The van der Waals surface area contributed by atoms with Crippen LogP contribution in [0.1, 0.15) is 71.1 Å². The number of rotatable bonds is 2. The summed E-state index contributed by atoms with van der Waals surface area (Å²) in [5.41, 5.74) is -1.35. The predicted octanol–water partition coefficient (Wildman–Crippen LogP) is 2.72. The van der Waals surface area contributed by atoms with Crippen molar-refractivity contribution in [2.45, 2.75) is 88.9 Å². The lowest BCUT2D eigenvalue weighted by molar-refractivity contribution is -0.352. The number of hydrogen-bond acceptors (Lipinski definition) is 6. The van der Waals surface area contributed by atoms with Crippen molar-refractivity contribution in [3.63, 3.8) is 0 Å². The second-order valence-electron chi connectivity index (χ2n) is 8.06. The molecule has 2 heterocycles. The highest BCUT2D eigenvalue weighted by atomic mass is 16.6. The third-order valence-corrected chi connectivity index (χ3v) is 6.32. The number of amides is 3. The first-order chi connectivity index (χ1) is 12.9. The van der Waals surface area contributed by atoms with Crippen molar-refractivity contribution in [2.75, 3.05) is 0 Å². The van der Waals surface area contributed by atoms with Gasteiger partial charge in [-0.2, -0.15) is 0 Å². The molecule has 0 bridgehead atoms. The summed E-state index contributed by atoms with van der Waals surface area (Å²) in [7, 11) is 0. The molecule has 1 unspecified atom stereocenters. The summed E-state index contributed by atoms with van der Waals surface area (Å²) in [5, 5.41) is 11.3. The molecule has 0 radical (unpaired) electrons. The maximum atomic E-state index is 13.5. The van der Waals surface area contributed by atoms with E-state index < -0.39 is 22.5 Å². The van der Waals surface area contributed by atoms with Crippen LogP contribution in [0.4, 0.5) is 4.79 Å². The van der Waals surface area contributed by atoms with Crippen LogP contribution in [0.5, 0.6) is 0 Å². The molecule has 3 amide bonds. The molecule has 0 N–H and O–H groups in total. The molecule has 4 aliphatic rings. The Morgan fingerprint density at radius 3 is 2.11 bits per heavy atom. The number of hydrogen-bond donors (Lipinski definition) is 0. The van der Waals surface area contributed by atoms with Gasteiger partial charge >= 0.3 is 12.0 Å². The summed E-state index contributed by atoms with van der Waals surface area (Å²) in [4.78, 5) is 48.3. The molecule has 2 saturated carbocycles. The Balaban J connectivity index is 1.77. The van der Waals surface area contributed by atoms with E-state index in [0.29, 0.717) is 0 Å². The number of nitrogens with zero attached hydrogens (tertiary/aromatic N) is 5. The summed E-state index contributed by atoms with van der Waals surface area (Å²) in [5.74, 6) is -1.10. The molecular formula is C18H25N5O4. The van der Waals surface area contributed by atoms with Crippen molar-refractivity contribution in [3.05, 3.63) is 10.1 Å². The number of aliphatic imine (C=N–C) groups is 2. The summed E-state index contributed by atoms with van der Waals surface area (Å²) >= 11 is 0. The molecule has 0 aromatic heterocycles. The van der Waals surface area contributed by atoms with Crippen LogP contribution in [0.15, 0.2) is 9.98 Å². The molecule has 27 heavy (non-hydrogen) atoms. The number of nitro groups is 1. The van der Waals surface area contributed by atoms with Gasteiger partial charge in [-0.3, -0.25) is 14.6 Å². The van der Waals surface area contributed by atoms with Crippen LogP contribution in [0, 0.1) is 10.1 Å². The predicted molar refractivity (Wildman–Crippen MR) is 98.1 cm³/mol. The quantitative estimate of drug-likeness (QED) is 0.546. The number of guanidine groups is 1. The van der Waals surface area contributed by atoms with Crippen LogP contribution in [0.25, 0.3) is 0 Å². The molecular weight excluding hydrogens is 350 g/mol. The molecule has 2 aliphatic carbocycles. The summed E-state index contributed by atoms with van der Waals surface area (Å²) in [6, 6.07) is -0.583. The first-order valence-corrected chi connectivity index (χ1v) is 9.94. The fourth-order valence-electron chi connectivity index (χ4n) is 4.99. The van der Waals surface area contributed by atoms with Crippen LogP contribution in [-0.2, 0) is 4.79 Å². The average molecular weight is 375 g/mol. The fourth-order valence-corrected chi connectivity index (χ4v) is 4.99. The molecule has 9 nitrogen and oxygen atoms in total. The van der Waals surface area contributed by atoms with Gasteiger partial charge in [-0.25, -0.2) is 4.79 Å². The van der Waals surface area contributed by atoms with Gasteiger partial charge in [0.2, 0.25) is 5.71 Å². The molecule has 9 heteroatoms. The van der Waals surface area contributed by atoms with Crippen molar-refractivity contribution in [1.29, 1.82) is 0 Å². The van der Waals surface area contributed by atoms with E-state index in [1.165, 1.54) is 4.90 Å². The summed E-state index contributed by atoms with van der Waals surface area (Å²) in [6.45, 7) is 1.62. The van der Waals surface area contributed by atoms with Crippen LogP contribution < -0.4 is 0 Å². The highest BCUT2D eigenvalue weighted by molar-refractivity contribution is 6.48. The molecule has 0 aromatic carbocycles. The van der Waals surface area contributed by atoms with E-state index in [1.807, 2.05) is 0 Å². The molecule has 1 saturated heterocycles. The Morgan fingerprint density at radius 1 is 1.00 bits per heavy atom. The molecule has 3 fully saturated rings. The van der Waals surface area contributed by atoms with Crippen molar-refractivity contribution < 1.29 is 14.5 Å².